The van der Waals surface area contributed by atoms with Crippen molar-refractivity contribution in [3.63, 3.8) is 0 Å². The number of hydrogen-bond acceptors (Lipinski definition) is 0. The molecular weight excluding hydrogens is 354 g/mol. The Morgan fingerprint density at radius 1 is 0.458 bits per heavy atom. The molecule has 0 N–H and O–H groups in total. The lowest BCUT2D eigenvalue weighted by Crippen LogP contribution is -2.25. The van der Waals surface area contributed by atoms with Gasteiger partial charge in [0.05, 0.1) is 0 Å². The number of benzene rings is 3. The molecule has 0 nitrogen and oxygen atoms in total. The first kappa shape index (κ1) is 20.7. The summed E-state index contributed by atoms with van der Waals surface area (Å²) in [4.78, 5) is 0. The van der Waals surface area contributed by atoms with Gasteiger partial charge >= 0.3 is 0 Å². The van der Waals surface area contributed by atoms with Crippen LogP contribution in [0.4, 0.5) is 0 Å². The molecular formula is C21H23Cl2P. The van der Waals surface area contributed by atoms with Gasteiger partial charge in [-0.05, 0) is 61.3 Å². The minimum atomic E-state index is -0.508. The fourth-order valence-electron chi connectivity index (χ4n) is 2.83. The van der Waals surface area contributed by atoms with Crippen LogP contribution < -0.4 is 15.9 Å². The smallest absolute Gasteiger partial charge is 0.0122 e. The van der Waals surface area contributed by atoms with Gasteiger partial charge in [-0.3, -0.25) is 0 Å². The molecule has 0 saturated heterocycles. The normalized spacial score (nSPS) is 10.0. The Bertz CT molecular complexity index is 691. The van der Waals surface area contributed by atoms with Crippen LogP contribution in [0.25, 0.3) is 0 Å². The Morgan fingerprint density at radius 2 is 0.708 bits per heavy atom. The molecule has 0 radical (unpaired) electrons. The molecule has 0 atom stereocenters. The zero-order chi connectivity index (χ0) is 15.5. The zero-order valence-corrected chi connectivity index (χ0v) is 16.7. The van der Waals surface area contributed by atoms with Crippen molar-refractivity contribution < 1.29 is 0 Å². The third kappa shape index (κ3) is 4.19. The van der Waals surface area contributed by atoms with Crippen molar-refractivity contribution in [1.82, 2.24) is 0 Å². The molecule has 126 valence electrons. The highest BCUT2D eigenvalue weighted by Crippen LogP contribution is 2.36. The third-order valence-corrected chi connectivity index (χ3v) is 7.02. The van der Waals surface area contributed by atoms with Crippen LogP contribution in [-0.2, 0) is 0 Å². The lowest BCUT2D eigenvalue weighted by atomic mass is 10.2. The van der Waals surface area contributed by atoms with Crippen LogP contribution in [0, 0.1) is 20.8 Å². The monoisotopic (exact) mass is 376 g/mol. The molecule has 3 aromatic rings. The molecule has 0 aliphatic heterocycles. The summed E-state index contributed by atoms with van der Waals surface area (Å²) in [6, 6.07) is 26.4. The van der Waals surface area contributed by atoms with Crippen LogP contribution in [0.3, 0.4) is 0 Å². The predicted molar refractivity (Wildman–Crippen MR) is 114 cm³/mol. The predicted octanol–water partition coefficient (Wildman–Crippen LogP) is 5.21. The summed E-state index contributed by atoms with van der Waals surface area (Å²) in [5.41, 5.74) is 4.13. The zero-order valence-electron chi connectivity index (χ0n) is 14.2. The number of aryl methyl sites for hydroxylation is 3. The second-order valence-electron chi connectivity index (χ2n) is 5.69. The van der Waals surface area contributed by atoms with Gasteiger partial charge in [0.1, 0.15) is 0 Å². The molecule has 0 amide bonds. The molecule has 0 aromatic heterocycles. The first-order valence-electron chi connectivity index (χ1n) is 7.65. The van der Waals surface area contributed by atoms with Crippen molar-refractivity contribution >= 4 is 48.6 Å². The van der Waals surface area contributed by atoms with Crippen molar-refractivity contribution in [3.8, 4) is 0 Å². The minimum absolute atomic E-state index is 0. The molecule has 3 aromatic carbocycles. The van der Waals surface area contributed by atoms with Gasteiger partial charge in [-0.2, -0.15) is 0 Å². The topological polar surface area (TPSA) is 0 Å². The van der Waals surface area contributed by atoms with Gasteiger partial charge in [0.15, 0.2) is 0 Å². The standard InChI is InChI=1S/C21H21P.2ClH/c1-16-10-4-7-13-19(16)22(20-14-8-5-11-17(20)2)21-15-9-6-12-18(21)3;;/h4-15H,1-3H3;2*1H. The highest BCUT2D eigenvalue weighted by atomic mass is 35.5. The van der Waals surface area contributed by atoms with Crippen LogP contribution >= 0.6 is 32.7 Å². The Morgan fingerprint density at radius 3 is 0.958 bits per heavy atom. The van der Waals surface area contributed by atoms with Gasteiger partial charge in [-0.15, -0.1) is 24.8 Å². The van der Waals surface area contributed by atoms with Gasteiger partial charge in [-0.25, -0.2) is 0 Å². The lowest BCUT2D eigenvalue weighted by Gasteiger charge is -2.24. The summed E-state index contributed by atoms with van der Waals surface area (Å²) >= 11 is 0. The molecule has 3 rings (SSSR count). The van der Waals surface area contributed by atoms with Gasteiger partial charge in [0.2, 0.25) is 0 Å². The quantitative estimate of drug-likeness (QED) is 0.550. The van der Waals surface area contributed by atoms with E-state index in [4.69, 9.17) is 0 Å². The molecule has 0 fully saturated rings. The minimum Gasteiger partial charge on any atom is -0.147 e. The highest BCUT2D eigenvalue weighted by Gasteiger charge is 2.20. The Hall–Kier alpha value is -1.33. The largest absolute Gasteiger partial charge is 0.147 e. The lowest BCUT2D eigenvalue weighted by molar-refractivity contribution is 1.49. The first-order valence-corrected chi connectivity index (χ1v) is 8.99. The summed E-state index contributed by atoms with van der Waals surface area (Å²) in [6.07, 6.45) is 0. The summed E-state index contributed by atoms with van der Waals surface area (Å²) < 4.78 is 0. The van der Waals surface area contributed by atoms with Crippen LogP contribution in [-0.4, -0.2) is 0 Å². The molecule has 0 aliphatic carbocycles. The Kier molecular flexibility index (Phi) is 7.97. The van der Waals surface area contributed by atoms with Crippen molar-refractivity contribution in [1.29, 1.82) is 0 Å². The second-order valence-corrected chi connectivity index (χ2v) is 7.81. The third-order valence-electron chi connectivity index (χ3n) is 4.07. The molecule has 0 heterocycles. The van der Waals surface area contributed by atoms with E-state index in [0.717, 1.165) is 0 Å². The number of rotatable bonds is 3. The van der Waals surface area contributed by atoms with Crippen molar-refractivity contribution in [3.05, 3.63) is 89.5 Å². The van der Waals surface area contributed by atoms with Gasteiger partial charge < -0.3 is 0 Å². The number of hydrogen-bond donors (Lipinski definition) is 0. The second kappa shape index (κ2) is 9.23. The maximum atomic E-state index is 2.29. The molecule has 0 aliphatic rings. The van der Waals surface area contributed by atoms with E-state index in [0.29, 0.717) is 0 Å². The molecule has 24 heavy (non-hydrogen) atoms. The van der Waals surface area contributed by atoms with Crippen molar-refractivity contribution in [2.45, 2.75) is 20.8 Å². The van der Waals surface area contributed by atoms with Crippen molar-refractivity contribution in [2.24, 2.45) is 0 Å². The average Bonchev–Trinajstić information content (AvgIpc) is 2.53. The van der Waals surface area contributed by atoms with Gasteiger partial charge in [-0.1, -0.05) is 72.8 Å². The van der Waals surface area contributed by atoms with Crippen LogP contribution in [0.2, 0.25) is 0 Å². The Balaban J connectivity index is 0.00000144. The van der Waals surface area contributed by atoms with E-state index in [2.05, 4.69) is 93.6 Å². The van der Waals surface area contributed by atoms with E-state index >= 15 is 0 Å². The van der Waals surface area contributed by atoms with Crippen LogP contribution in [0.15, 0.2) is 72.8 Å². The van der Waals surface area contributed by atoms with Crippen LogP contribution in [0.5, 0.6) is 0 Å². The summed E-state index contributed by atoms with van der Waals surface area (Å²) in [5.74, 6) is 0. The fraction of sp³-hybridized carbons (Fsp3) is 0.143. The van der Waals surface area contributed by atoms with E-state index in [1.807, 2.05) is 0 Å². The van der Waals surface area contributed by atoms with E-state index < -0.39 is 7.92 Å². The van der Waals surface area contributed by atoms with E-state index in [1.54, 1.807) is 0 Å². The van der Waals surface area contributed by atoms with Gasteiger partial charge in [0.25, 0.3) is 0 Å². The molecule has 0 spiro atoms. The summed E-state index contributed by atoms with van der Waals surface area (Å²) in [7, 11) is -0.508. The van der Waals surface area contributed by atoms with Crippen molar-refractivity contribution in [2.75, 3.05) is 0 Å². The maximum Gasteiger partial charge on any atom is -0.0122 e. The number of halogens is 2. The first-order chi connectivity index (χ1) is 10.7. The fourth-order valence-corrected chi connectivity index (χ4v) is 5.60. The average molecular weight is 377 g/mol. The molecule has 0 unspecified atom stereocenters. The van der Waals surface area contributed by atoms with E-state index in [-0.39, 0.29) is 24.8 Å². The Labute approximate surface area is 158 Å². The van der Waals surface area contributed by atoms with E-state index in [1.165, 1.54) is 32.6 Å². The maximum absolute atomic E-state index is 2.29. The summed E-state index contributed by atoms with van der Waals surface area (Å²) in [6.45, 7) is 6.67. The SMILES string of the molecule is Cc1ccccc1P(c1ccccc1C)c1ccccc1C.Cl.Cl. The van der Waals surface area contributed by atoms with Gasteiger partial charge in [0, 0.05) is 0 Å². The van der Waals surface area contributed by atoms with E-state index in [9.17, 15) is 0 Å². The highest BCUT2D eigenvalue weighted by molar-refractivity contribution is 7.80. The molecule has 3 heteroatoms. The van der Waals surface area contributed by atoms with Crippen LogP contribution in [0.1, 0.15) is 16.7 Å². The molecule has 0 bridgehead atoms. The summed E-state index contributed by atoms with van der Waals surface area (Å²) in [5, 5.41) is 4.38. The molecule has 0 saturated carbocycles.